The standard InChI is InChI=1S/C19H30N2O3S/c1-14(2)21(5)25(23,24)17-12-10-16(11-13-17)19(22)20(4)18-9-7-6-8-15(18)3/h10-15,18H,6-9H2,1-5H3. The summed E-state index contributed by atoms with van der Waals surface area (Å²) in [6, 6.07) is 6.43. The van der Waals surface area contributed by atoms with Gasteiger partial charge in [-0.15, -0.1) is 0 Å². The SMILES string of the molecule is CC1CCCCC1N(C)C(=O)c1ccc(S(=O)(=O)N(C)C(C)C)cc1. The predicted octanol–water partition coefficient (Wildman–Crippen LogP) is 3.37. The van der Waals surface area contributed by atoms with Crippen LogP contribution < -0.4 is 0 Å². The molecule has 1 saturated carbocycles. The summed E-state index contributed by atoms with van der Waals surface area (Å²) < 4.78 is 26.4. The highest BCUT2D eigenvalue weighted by Gasteiger charge is 2.29. The summed E-state index contributed by atoms with van der Waals surface area (Å²) in [4.78, 5) is 14.8. The molecule has 1 aliphatic rings. The van der Waals surface area contributed by atoms with Crippen LogP contribution in [0, 0.1) is 5.92 Å². The van der Waals surface area contributed by atoms with Crippen LogP contribution in [0.3, 0.4) is 0 Å². The van der Waals surface area contributed by atoms with Crippen LogP contribution >= 0.6 is 0 Å². The zero-order valence-corrected chi connectivity index (χ0v) is 16.7. The molecule has 0 aromatic heterocycles. The van der Waals surface area contributed by atoms with E-state index in [9.17, 15) is 13.2 Å². The normalized spacial score (nSPS) is 21.6. The number of amides is 1. The number of hydrogen-bond donors (Lipinski definition) is 0. The maximum atomic E-state index is 12.8. The first-order chi connectivity index (χ1) is 11.7. The summed E-state index contributed by atoms with van der Waals surface area (Å²) in [5.41, 5.74) is 0.534. The highest BCUT2D eigenvalue weighted by atomic mass is 32.2. The molecule has 1 aliphatic carbocycles. The Hall–Kier alpha value is -1.40. The molecule has 0 spiro atoms. The van der Waals surface area contributed by atoms with E-state index in [1.807, 2.05) is 25.8 Å². The fraction of sp³-hybridized carbons (Fsp3) is 0.632. The number of sulfonamides is 1. The number of hydrogen-bond acceptors (Lipinski definition) is 3. The summed E-state index contributed by atoms with van der Waals surface area (Å²) in [7, 11) is -0.102. The second-order valence-corrected chi connectivity index (χ2v) is 9.38. The molecule has 1 fully saturated rings. The van der Waals surface area contributed by atoms with Crippen molar-refractivity contribution in [3.8, 4) is 0 Å². The molecule has 1 aromatic carbocycles. The maximum Gasteiger partial charge on any atom is 0.253 e. The molecule has 0 aliphatic heterocycles. The minimum atomic E-state index is -3.52. The Labute approximate surface area is 152 Å². The summed E-state index contributed by atoms with van der Waals surface area (Å²) >= 11 is 0. The van der Waals surface area contributed by atoms with Gasteiger partial charge in [-0.1, -0.05) is 19.8 Å². The molecule has 2 unspecified atom stereocenters. The van der Waals surface area contributed by atoms with Crippen molar-refractivity contribution in [1.29, 1.82) is 0 Å². The molecule has 1 amide bonds. The van der Waals surface area contributed by atoms with Crippen molar-refractivity contribution in [2.75, 3.05) is 14.1 Å². The van der Waals surface area contributed by atoms with Gasteiger partial charge in [0.25, 0.3) is 5.91 Å². The van der Waals surface area contributed by atoms with Crippen molar-refractivity contribution in [3.05, 3.63) is 29.8 Å². The van der Waals surface area contributed by atoms with E-state index in [-0.39, 0.29) is 22.9 Å². The third kappa shape index (κ3) is 4.23. The van der Waals surface area contributed by atoms with Gasteiger partial charge in [-0.2, -0.15) is 4.31 Å². The monoisotopic (exact) mass is 366 g/mol. The molecule has 140 valence electrons. The Morgan fingerprint density at radius 3 is 2.16 bits per heavy atom. The molecule has 6 heteroatoms. The average molecular weight is 367 g/mol. The van der Waals surface area contributed by atoms with Gasteiger partial charge in [0.1, 0.15) is 0 Å². The van der Waals surface area contributed by atoms with Crippen molar-refractivity contribution in [3.63, 3.8) is 0 Å². The van der Waals surface area contributed by atoms with Crippen molar-refractivity contribution < 1.29 is 13.2 Å². The lowest BCUT2D eigenvalue weighted by Gasteiger charge is -2.36. The molecular formula is C19H30N2O3S. The van der Waals surface area contributed by atoms with Gasteiger partial charge in [0.15, 0.2) is 0 Å². The third-order valence-corrected chi connectivity index (χ3v) is 7.44. The number of benzene rings is 1. The van der Waals surface area contributed by atoms with Crippen LogP contribution in [0.5, 0.6) is 0 Å². The van der Waals surface area contributed by atoms with Crippen LogP contribution in [-0.2, 0) is 10.0 Å². The van der Waals surface area contributed by atoms with Crippen LogP contribution in [0.4, 0.5) is 0 Å². The first kappa shape index (κ1) is 19.9. The molecule has 2 rings (SSSR count). The molecule has 2 atom stereocenters. The van der Waals surface area contributed by atoms with Gasteiger partial charge in [-0.25, -0.2) is 8.42 Å². The van der Waals surface area contributed by atoms with E-state index < -0.39 is 10.0 Å². The zero-order chi connectivity index (χ0) is 18.8. The maximum absolute atomic E-state index is 12.8. The van der Waals surface area contributed by atoms with Gasteiger partial charge in [0.2, 0.25) is 10.0 Å². The molecule has 0 heterocycles. The second-order valence-electron chi connectivity index (χ2n) is 7.38. The van der Waals surface area contributed by atoms with Gasteiger partial charge in [0, 0.05) is 31.7 Å². The van der Waals surface area contributed by atoms with Gasteiger partial charge >= 0.3 is 0 Å². The first-order valence-corrected chi connectivity index (χ1v) is 10.5. The van der Waals surface area contributed by atoms with Crippen LogP contribution in [0.1, 0.15) is 56.8 Å². The topological polar surface area (TPSA) is 57.7 Å². The Morgan fingerprint density at radius 1 is 1.08 bits per heavy atom. The second kappa shape index (κ2) is 7.87. The predicted molar refractivity (Wildman–Crippen MR) is 100 cm³/mol. The first-order valence-electron chi connectivity index (χ1n) is 9.01. The lowest BCUT2D eigenvalue weighted by molar-refractivity contribution is 0.0629. The lowest BCUT2D eigenvalue weighted by atomic mass is 9.85. The van der Waals surface area contributed by atoms with Crippen molar-refractivity contribution >= 4 is 15.9 Å². The van der Waals surface area contributed by atoms with Gasteiger partial charge in [0.05, 0.1) is 4.90 Å². The minimum absolute atomic E-state index is 0.0417. The van der Waals surface area contributed by atoms with E-state index in [0.29, 0.717) is 11.5 Å². The average Bonchev–Trinajstić information content (AvgIpc) is 2.60. The number of carbonyl (C=O) groups is 1. The summed E-state index contributed by atoms with van der Waals surface area (Å²) in [5.74, 6) is 0.460. The van der Waals surface area contributed by atoms with Crippen LogP contribution in [0.15, 0.2) is 29.2 Å². The van der Waals surface area contributed by atoms with E-state index in [1.165, 1.54) is 22.9 Å². The van der Waals surface area contributed by atoms with Crippen LogP contribution in [-0.4, -0.2) is 49.7 Å². The molecule has 1 aromatic rings. The van der Waals surface area contributed by atoms with Crippen LogP contribution in [0.2, 0.25) is 0 Å². The summed E-state index contributed by atoms with van der Waals surface area (Å²) in [6.45, 7) is 5.86. The van der Waals surface area contributed by atoms with E-state index in [0.717, 1.165) is 19.3 Å². The smallest absolute Gasteiger partial charge is 0.253 e. The summed E-state index contributed by atoms with van der Waals surface area (Å²) in [6.07, 6.45) is 4.58. The number of rotatable bonds is 5. The molecule has 5 nitrogen and oxygen atoms in total. The largest absolute Gasteiger partial charge is 0.338 e. The van der Waals surface area contributed by atoms with Crippen molar-refractivity contribution in [2.45, 2.75) is 63.4 Å². The minimum Gasteiger partial charge on any atom is -0.338 e. The summed E-state index contributed by atoms with van der Waals surface area (Å²) in [5, 5.41) is 0. The van der Waals surface area contributed by atoms with Crippen molar-refractivity contribution in [2.24, 2.45) is 5.92 Å². The fourth-order valence-electron chi connectivity index (χ4n) is 3.44. The Bertz CT molecular complexity index is 698. The lowest BCUT2D eigenvalue weighted by Crippen LogP contribution is -2.42. The molecule has 0 radical (unpaired) electrons. The van der Waals surface area contributed by atoms with Crippen molar-refractivity contribution in [1.82, 2.24) is 9.21 Å². The Kier molecular flexibility index (Phi) is 6.27. The number of carbonyl (C=O) groups excluding carboxylic acids is 1. The Balaban J connectivity index is 2.17. The third-order valence-electron chi connectivity index (χ3n) is 5.39. The van der Waals surface area contributed by atoms with E-state index in [4.69, 9.17) is 0 Å². The number of nitrogens with zero attached hydrogens (tertiary/aromatic N) is 2. The quantitative estimate of drug-likeness (QED) is 0.803. The highest BCUT2D eigenvalue weighted by Crippen LogP contribution is 2.28. The van der Waals surface area contributed by atoms with E-state index in [2.05, 4.69) is 6.92 Å². The fourth-order valence-corrected chi connectivity index (χ4v) is 4.81. The van der Waals surface area contributed by atoms with Gasteiger partial charge < -0.3 is 4.90 Å². The highest BCUT2D eigenvalue weighted by molar-refractivity contribution is 7.89. The van der Waals surface area contributed by atoms with Gasteiger partial charge in [-0.05, 0) is 56.9 Å². The van der Waals surface area contributed by atoms with E-state index in [1.54, 1.807) is 19.2 Å². The van der Waals surface area contributed by atoms with Gasteiger partial charge in [-0.3, -0.25) is 4.79 Å². The molecule has 0 saturated heterocycles. The molecule has 25 heavy (non-hydrogen) atoms. The molecular weight excluding hydrogens is 336 g/mol. The Morgan fingerprint density at radius 2 is 1.64 bits per heavy atom. The van der Waals surface area contributed by atoms with Crippen LogP contribution in [0.25, 0.3) is 0 Å². The van der Waals surface area contributed by atoms with E-state index >= 15 is 0 Å². The molecule has 0 N–H and O–H groups in total. The molecule has 0 bridgehead atoms. The zero-order valence-electron chi connectivity index (χ0n) is 15.9.